The van der Waals surface area contributed by atoms with Gasteiger partial charge in [0.25, 0.3) is 0 Å². The number of aliphatic hydroxyl groups excluding tert-OH is 1. The van der Waals surface area contributed by atoms with Crippen molar-refractivity contribution >= 4 is 0 Å². The van der Waals surface area contributed by atoms with Crippen molar-refractivity contribution in [2.75, 3.05) is 0 Å². The molecular formula is C30H52O. The molecule has 0 aromatic heterocycles. The molecule has 9 atom stereocenters. The minimum absolute atomic E-state index is 0.0725. The quantitative estimate of drug-likeness (QED) is 0.412. The second-order valence-corrected chi connectivity index (χ2v) is 15.4. The third kappa shape index (κ3) is 2.65. The van der Waals surface area contributed by atoms with Crippen LogP contribution in [-0.2, 0) is 0 Å². The van der Waals surface area contributed by atoms with Crippen LogP contribution in [0.3, 0.4) is 0 Å². The van der Waals surface area contributed by atoms with Crippen molar-refractivity contribution in [3.8, 4) is 0 Å². The van der Waals surface area contributed by atoms with E-state index in [-0.39, 0.29) is 11.5 Å². The van der Waals surface area contributed by atoms with Crippen LogP contribution in [0.5, 0.6) is 0 Å². The van der Waals surface area contributed by atoms with E-state index < -0.39 is 0 Å². The van der Waals surface area contributed by atoms with Gasteiger partial charge in [0.05, 0.1) is 6.10 Å². The predicted octanol–water partition coefficient (Wildman–Crippen LogP) is 8.25. The maximum atomic E-state index is 10.9. The first-order valence-electron chi connectivity index (χ1n) is 13.9. The molecular weight excluding hydrogens is 376 g/mol. The maximum Gasteiger partial charge on any atom is 0.0594 e. The summed E-state index contributed by atoms with van der Waals surface area (Å²) in [5, 5.41) is 10.9. The van der Waals surface area contributed by atoms with Crippen LogP contribution in [0.15, 0.2) is 0 Å². The number of hydrogen-bond acceptors (Lipinski definition) is 1. The SMILES string of the molecule is CC1(C)CCC[C@]2(C)[C@H]3CC[C@@H]4[C@@]5(C)CCC(O)C(C)(C)[C@@H]5CC[C@@]4(C)[C@]3(C)CC[C@@H]12. The van der Waals surface area contributed by atoms with E-state index >= 15 is 0 Å². The van der Waals surface area contributed by atoms with Crippen molar-refractivity contribution in [3.05, 3.63) is 0 Å². The van der Waals surface area contributed by atoms with Gasteiger partial charge in [-0.3, -0.25) is 0 Å². The standard InChI is InChI=1S/C30H52O/c1-25(2)15-9-16-27(5)20(25)12-18-29(7)22(27)10-11-23-28(6)17-14-24(31)26(3,4)21(28)13-19-30(23,29)8/h20-24,31H,9-19H2,1-8H3/t20-,21-,22+,23+,24?,27-,28-,29+,30+/m0/s1. The van der Waals surface area contributed by atoms with Gasteiger partial charge in [0.15, 0.2) is 0 Å². The molecule has 5 saturated carbocycles. The Morgan fingerprint density at radius 3 is 1.61 bits per heavy atom. The van der Waals surface area contributed by atoms with Gasteiger partial charge in [0.2, 0.25) is 0 Å². The van der Waals surface area contributed by atoms with Crippen LogP contribution in [-0.4, -0.2) is 11.2 Å². The maximum absolute atomic E-state index is 10.9. The van der Waals surface area contributed by atoms with Crippen molar-refractivity contribution in [2.24, 2.45) is 56.2 Å². The molecule has 1 unspecified atom stereocenters. The number of hydrogen-bond donors (Lipinski definition) is 1. The first-order valence-corrected chi connectivity index (χ1v) is 13.9. The van der Waals surface area contributed by atoms with Gasteiger partial charge in [-0.1, -0.05) is 61.8 Å². The first-order chi connectivity index (χ1) is 14.2. The smallest absolute Gasteiger partial charge is 0.0594 e. The lowest BCUT2D eigenvalue weighted by molar-refractivity contribution is -0.263. The molecule has 0 heterocycles. The van der Waals surface area contributed by atoms with Crippen LogP contribution < -0.4 is 0 Å². The molecule has 5 fully saturated rings. The van der Waals surface area contributed by atoms with E-state index in [1.54, 1.807) is 0 Å². The largest absolute Gasteiger partial charge is 0.393 e. The molecule has 31 heavy (non-hydrogen) atoms. The number of fused-ring (bicyclic) bond motifs is 7. The zero-order chi connectivity index (χ0) is 22.7. The molecule has 5 aliphatic carbocycles. The van der Waals surface area contributed by atoms with Gasteiger partial charge < -0.3 is 5.11 Å². The number of rotatable bonds is 0. The average Bonchev–Trinajstić information content (AvgIpc) is 2.65. The Morgan fingerprint density at radius 2 is 1.03 bits per heavy atom. The molecule has 1 N–H and O–H groups in total. The minimum atomic E-state index is -0.110. The van der Waals surface area contributed by atoms with Crippen LogP contribution in [0, 0.1) is 56.2 Å². The molecule has 0 radical (unpaired) electrons. The lowest BCUT2D eigenvalue weighted by Gasteiger charge is -2.74. The van der Waals surface area contributed by atoms with E-state index in [4.69, 9.17) is 0 Å². The van der Waals surface area contributed by atoms with Crippen molar-refractivity contribution in [1.82, 2.24) is 0 Å². The molecule has 0 amide bonds. The average molecular weight is 429 g/mol. The molecule has 178 valence electrons. The van der Waals surface area contributed by atoms with Crippen molar-refractivity contribution < 1.29 is 5.11 Å². The Hall–Kier alpha value is -0.0400. The highest BCUT2D eigenvalue weighted by Gasteiger charge is 2.70. The Kier molecular flexibility index (Phi) is 4.80. The summed E-state index contributed by atoms with van der Waals surface area (Å²) in [5.41, 5.74) is 2.51. The Balaban J connectivity index is 1.54. The fraction of sp³-hybridized carbons (Fsp3) is 1.00. The molecule has 0 bridgehead atoms. The summed E-state index contributed by atoms with van der Waals surface area (Å²) >= 11 is 0. The van der Waals surface area contributed by atoms with E-state index in [0.717, 1.165) is 24.2 Å². The highest BCUT2D eigenvalue weighted by molar-refractivity contribution is 5.19. The topological polar surface area (TPSA) is 20.2 Å². The van der Waals surface area contributed by atoms with Gasteiger partial charge in [-0.2, -0.15) is 0 Å². The summed E-state index contributed by atoms with van der Waals surface area (Å²) in [4.78, 5) is 0. The zero-order valence-corrected chi connectivity index (χ0v) is 22.1. The summed E-state index contributed by atoms with van der Waals surface area (Å²) in [6.45, 7) is 20.9. The fourth-order valence-electron chi connectivity index (χ4n) is 12.2. The van der Waals surface area contributed by atoms with Crippen LogP contribution >= 0.6 is 0 Å². The van der Waals surface area contributed by atoms with Gasteiger partial charge in [0, 0.05) is 0 Å². The lowest BCUT2D eigenvalue weighted by atomic mass is 9.30. The van der Waals surface area contributed by atoms with E-state index in [1.807, 2.05) is 0 Å². The van der Waals surface area contributed by atoms with Crippen molar-refractivity contribution in [2.45, 2.75) is 132 Å². The van der Waals surface area contributed by atoms with Crippen molar-refractivity contribution in [1.29, 1.82) is 0 Å². The third-order valence-corrected chi connectivity index (χ3v) is 13.9. The van der Waals surface area contributed by atoms with Crippen LogP contribution in [0.1, 0.15) is 126 Å². The van der Waals surface area contributed by atoms with Gasteiger partial charge in [-0.05, 0) is 120 Å². The van der Waals surface area contributed by atoms with Crippen molar-refractivity contribution in [3.63, 3.8) is 0 Å². The summed E-state index contributed by atoms with van der Waals surface area (Å²) in [5.74, 6) is 3.34. The molecule has 0 saturated heterocycles. The highest BCUT2D eigenvalue weighted by atomic mass is 16.3. The number of aliphatic hydroxyl groups is 1. The van der Waals surface area contributed by atoms with E-state index in [2.05, 4.69) is 55.4 Å². The molecule has 0 spiro atoms. The van der Waals surface area contributed by atoms with Gasteiger partial charge >= 0.3 is 0 Å². The first kappa shape index (κ1) is 22.7. The van der Waals surface area contributed by atoms with Gasteiger partial charge in [-0.25, -0.2) is 0 Å². The van der Waals surface area contributed by atoms with Gasteiger partial charge in [0.1, 0.15) is 0 Å². The Labute approximate surface area is 193 Å². The molecule has 5 aliphatic rings. The Bertz CT molecular complexity index is 737. The van der Waals surface area contributed by atoms with E-state index in [9.17, 15) is 5.11 Å². The Morgan fingerprint density at radius 1 is 0.516 bits per heavy atom. The third-order valence-electron chi connectivity index (χ3n) is 13.9. The second kappa shape index (κ2) is 6.55. The summed E-state index contributed by atoms with van der Waals surface area (Å²) < 4.78 is 0. The highest BCUT2D eigenvalue weighted by Crippen LogP contribution is 2.78. The van der Waals surface area contributed by atoms with Crippen LogP contribution in [0.25, 0.3) is 0 Å². The van der Waals surface area contributed by atoms with Crippen LogP contribution in [0.2, 0.25) is 0 Å². The van der Waals surface area contributed by atoms with E-state index in [1.165, 1.54) is 64.2 Å². The molecule has 1 heteroatoms. The molecule has 5 rings (SSSR count). The molecule has 0 aliphatic heterocycles. The summed E-state index contributed by atoms with van der Waals surface area (Å²) in [6.07, 6.45) is 15.1. The second-order valence-electron chi connectivity index (χ2n) is 15.4. The summed E-state index contributed by atoms with van der Waals surface area (Å²) in [7, 11) is 0. The predicted molar refractivity (Wildman–Crippen MR) is 131 cm³/mol. The van der Waals surface area contributed by atoms with E-state index in [0.29, 0.717) is 33.0 Å². The summed E-state index contributed by atoms with van der Waals surface area (Å²) in [6, 6.07) is 0. The molecule has 0 aromatic carbocycles. The molecule has 0 aromatic rings. The van der Waals surface area contributed by atoms with Crippen LogP contribution in [0.4, 0.5) is 0 Å². The normalized spacial score (nSPS) is 57.8. The van der Waals surface area contributed by atoms with Gasteiger partial charge in [-0.15, -0.1) is 0 Å². The minimum Gasteiger partial charge on any atom is -0.393 e. The fourth-order valence-corrected chi connectivity index (χ4v) is 12.2. The lowest BCUT2D eigenvalue weighted by Crippen LogP contribution is -2.68. The monoisotopic (exact) mass is 428 g/mol. The molecule has 1 nitrogen and oxygen atoms in total. The zero-order valence-electron chi connectivity index (χ0n) is 22.1.